The molecular weight excluding hydrogens is 162 g/mol. The first kappa shape index (κ1) is 9.04. The predicted octanol–water partition coefficient (Wildman–Crippen LogP) is 1.76. The van der Waals surface area contributed by atoms with Gasteiger partial charge in [0.05, 0.1) is 0 Å². The van der Waals surface area contributed by atoms with E-state index >= 15 is 0 Å². The molecule has 2 fully saturated rings. The highest BCUT2D eigenvalue weighted by molar-refractivity contribution is 5.81. The van der Waals surface area contributed by atoms with E-state index in [1.807, 2.05) is 0 Å². The van der Waals surface area contributed by atoms with E-state index in [0.29, 0.717) is 29.6 Å². The van der Waals surface area contributed by atoms with Crippen LogP contribution in [0.15, 0.2) is 0 Å². The van der Waals surface area contributed by atoms with Crippen LogP contribution in [0.5, 0.6) is 0 Å². The number of nitrogens with zero attached hydrogens (tertiary/aromatic N) is 1. The first-order valence-electron chi connectivity index (χ1n) is 5.38. The molecule has 1 aliphatic carbocycles. The molecule has 13 heavy (non-hydrogen) atoms. The van der Waals surface area contributed by atoms with Crippen molar-refractivity contribution in [2.75, 3.05) is 13.1 Å². The van der Waals surface area contributed by atoms with Gasteiger partial charge in [-0.3, -0.25) is 4.79 Å². The van der Waals surface area contributed by atoms with Gasteiger partial charge in [0.25, 0.3) is 0 Å². The lowest BCUT2D eigenvalue weighted by Crippen LogP contribution is -2.30. The van der Waals surface area contributed by atoms with E-state index in [9.17, 15) is 4.79 Å². The van der Waals surface area contributed by atoms with E-state index in [0.717, 1.165) is 19.5 Å². The van der Waals surface area contributed by atoms with Crippen molar-refractivity contribution in [3.05, 3.63) is 0 Å². The van der Waals surface area contributed by atoms with E-state index in [4.69, 9.17) is 0 Å². The summed E-state index contributed by atoms with van der Waals surface area (Å²) in [5, 5.41) is 0. The molecular formula is C11H19NO. The Balaban J connectivity index is 1.92. The second kappa shape index (κ2) is 3.00. The Morgan fingerprint density at radius 1 is 1.08 bits per heavy atom. The summed E-state index contributed by atoms with van der Waals surface area (Å²) < 4.78 is 0. The first-order valence-corrected chi connectivity index (χ1v) is 5.38. The van der Waals surface area contributed by atoms with E-state index in [-0.39, 0.29) is 0 Å². The van der Waals surface area contributed by atoms with Gasteiger partial charge < -0.3 is 4.90 Å². The molecule has 2 nitrogen and oxygen atoms in total. The molecule has 0 aromatic carbocycles. The van der Waals surface area contributed by atoms with Crippen LogP contribution in [0, 0.1) is 23.7 Å². The maximum absolute atomic E-state index is 11.8. The number of carbonyl (C=O) groups excluding carboxylic acids is 1. The van der Waals surface area contributed by atoms with Crippen LogP contribution in [0.2, 0.25) is 0 Å². The highest BCUT2D eigenvalue weighted by Gasteiger charge is 2.43. The molecule has 4 atom stereocenters. The van der Waals surface area contributed by atoms with Crippen molar-refractivity contribution in [3.63, 3.8) is 0 Å². The topological polar surface area (TPSA) is 20.3 Å². The Hall–Kier alpha value is -0.530. The fourth-order valence-corrected chi connectivity index (χ4v) is 2.21. The van der Waals surface area contributed by atoms with Crippen LogP contribution in [0.1, 0.15) is 27.2 Å². The quantitative estimate of drug-likeness (QED) is 0.603. The molecule has 1 amide bonds. The second-order valence-corrected chi connectivity index (χ2v) is 5.02. The van der Waals surface area contributed by atoms with Gasteiger partial charge >= 0.3 is 0 Å². The van der Waals surface area contributed by atoms with Crippen molar-refractivity contribution < 1.29 is 4.79 Å². The number of likely N-dealkylation sites (tertiary alicyclic amines) is 1. The van der Waals surface area contributed by atoms with Crippen molar-refractivity contribution in [1.29, 1.82) is 0 Å². The van der Waals surface area contributed by atoms with E-state index in [1.54, 1.807) is 0 Å². The number of amides is 1. The maximum atomic E-state index is 11.8. The van der Waals surface area contributed by atoms with Gasteiger partial charge in [-0.2, -0.15) is 0 Å². The van der Waals surface area contributed by atoms with Gasteiger partial charge in [0.1, 0.15) is 0 Å². The van der Waals surface area contributed by atoms with Crippen LogP contribution in [0.3, 0.4) is 0 Å². The summed E-state index contributed by atoms with van der Waals surface area (Å²) in [7, 11) is 0. The van der Waals surface area contributed by atoms with E-state index in [2.05, 4.69) is 25.7 Å². The van der Waals surface area contributed by atoms with Gasteiger partial charge in [-0.05, 0) is 24.2 Å². The van der Waals surface area contributed by atoms with Gasteiger partial charge in [0.2, 0.25) is 5.91 Å². The summed E-state index contributed by atoms with van der Waals surface area (Å²) >= 11 is 0. The van der Waals surface area contributed by atoms with Crippen molar-refractivity contribution in [2.45, 2.75) is 27.2 Å². The summed E-state index contributed by atoms with van der Waals surface area (Å²) in [6.45, 7) is 8.64. The van der Waals surface area contributed by atoms with Crippen molar-refractivity contribution in [3.8, 4) is 0 Å². The minimum atomic E-state index is 0.373. The number of hydrogen-bond acceptors (Lipinski definition) is 1. The average molecular weight is 181 g/mol. The predicted molar refractivity (Wildman–Crippen MR) is 52.2 cm³/mol. The standard InChI is InChI=1S/C11H19NO/c1-7-4-10(7)11(13)12-5-8(2)9(3)6-12/h7-10H,4-6H2,1-3H3. The fraction of sp³-hybridized carbons (Fsp3) is 0.909. The van der Waals surface area contributed by atoms with Crippen LogP contribution < -0.4 is 0 Å². The summed E-state index contributed by atoms with van der Waals surface area (Å²) in [6.07, 6.45) is 1.12. The van der Waals surface area contributed by atoms with Gasteiger partial charge in [0, 0.05) is 19.0 Å². The van der Waals surface area contributed by atoms with Crippen LogP contribution in [-0.4, -0.2) is 23.9 Å². The van der Waals surface area contributed by atoms with Crippen molar-refractivity contribution >= 4 is 5.91 Å². The summed E-state index contributed by atoms with van der Waals surface area (Å²) in [5.74, 6) is 2.83. The minimum Gasteiger partial charge on any atom is -0.342 e. The van der Waals surface area contributed by atoms with E-state index in [1.165, 1.54) is 0 Å². The van der Waals surface area contributed by atoms with Crippen LogP contribution in [-0.2, 0) is 4.79 Å². The van der Waals surface area contributed by atoms with Crippen molar-refractivity contribution in [2.24, 2.45) is 23.7 Å². The zero-order valence-electron chi connectivity index (χ0n) is 8.79. The average Bonchev–Trinajstić information content (AvgIpc) is 2.70. The van der Waals surface area contributed by atoms with Gasteiger partial charge in [-0.15, -0.1) is 0 Å². The zero-order valence-corrected chi connectivity index (χ0v) is 8.79. The molecule has 1 heterocycles. The lowest BCUT2D eigenvalue weighted by Gasteiger charge is -2.15. The molecule has 1 aliphatic heterocycles. The van der Waals surface area contributed by atoms with Gasteiger partial charge in [0.15, 0.2) is 0 Å². The Morgan fingerprint density at radius 2 is 1.54 bits per heavy atom. The highest BCUT2D eigenvalue weighted by Crippen LogP contribution is 2.40. The Kier molecular flexibility index (Phi) is 2.09. The largest absolute Gasteiger partial charge is 0.342 e. The lowest BCUT2D eigenvalue weighted by atomic mass is 10.0. The smallest absolute Gasteiger partial charge is 0.225 e. The maximum Gasteiger partial charge on any atom is 0.225 e. The molecule has 0 bridgehead atoms. The third kappa shape index (κ3) is 1.59. The SMILES string of the molecule is CC1CN(C(=O)C2CC2C)CC1C. The van der Waals surface area contributed by atoms with Crippen molar-refractivity contribution in [1.82, 2.24) is 4.90 Å². The Morgan fingerprint density at radius 3 is 1.92 bits per heavy atom. The molecule has 0 aromatic rings. The first-order chi connectivity index (χ1) is 6.09. The zero-order chi connectivity index (χ0) is 9.59. The number of hydrogen-bond donors (Lipinski definition) is 0. The lowest BCUT2D eigenvalue weighted by molar-refractivity contribution is -0.132. The van der Waals surface area contributed by atoms with Gasteiger partial charge in [-0.1, -0.05) is 20.8 Å². The molecule has 2 rings (SSSR count). The molecule has 0 radical (unpaired) electrons. The van der Waals surface area contributed by atoms with E-state index < -0.39 is 0 Å². The molecule has 74 valence electrons. The molecule has 2 aliphatic rings. The molecule has 0 N–H and O–H groups in total. The third-order valence-electron chi connectivity index (χ3n) is 3.73. The molecule has 0 spiro atoms. The molecule has 1 saturated heterocycles. The van der Waals surface area contributed by atoms with Crippen LogP contribution in [0.25, 0.3) is 0 Å². The summed E-state index contributed by atoms with van der Waals surface area (Å²) in [4.78, 5) is 13.9. The third-order valence-corrected chi connectivity index (χ3v) is 3.73. The van der Waals surface area contributed by atoms with Gasteiger partial charge in [-0.25, -0.2) is 0 Å². The molecule has 0 aromatic heterocycles. The monoisotopic (exact) mass is 181 g/mol. The van der Waals surface area contributed by atoms with Crippen LogP contribution >= 0.6 is 0 Å². The highest BCUT2D eigenvalue weighted by atomic mass is 16.2. The van der Waals surface area contributed by atoms with Crippen LogP contribution in [0.4, 0.5) is 0 Å². The number of rotatable bonds is 1. The Bertz CT molecular complexity index is 216. The minimum absolute atomic E-state index is 0.373. The summed E-state index contributed by atoms with van der Waals surface area (Å²) in [5.41, 5.74) is 0. The fourth-order valence-electron chi connectivity index (χ4n) is 2.21. The Labute approximate surface area is 80.3 Å². The molecule has 2 heteroatoms. The second-order valence-electron chi connectivity index (χ2n) is 5.02. The molecule has 1 saturated carbocycles. The summed E-state index contributed by atoms with van der Waals surface area (Å²) in [6, 6.07) is 0. The number of carbonyl (C=O) groups is 1. The molecule has 4 unspecified atom stereocenters. The normalized spacial score (nSPS) is 43.8.